The van der Waals surface area contributed by atoms with Crippen LogP contribution in [0.5, 0.6) is 0 Å². The summed E-state index contributed by atoms with van der Waals surface area (Å²) in [5.74, 6) is 0.860. The summed E-state index contributed by atoms with van der Waals surface area (Å²) in [7, 11) is 0. The molecule has 0 spiro atoms. The summed E-state index contributed by atoms with van der Waals surface area (Å²) in [6.45, 7) is 10.6. The fourth-order valence-corrected chi connectivity index (χ4v) is 1.72. The Morgan fingerprint density at radius 2 is 1.87 bits per heavy atom. The van der Waals surface area contributed by atoms with Crippen LogP contribution < -0.4 is 0 Å². The average molecular weight is 271 g/mol. The zero-order chi connectivity index (χ0) is 11.6. The van der Waals surface area contributed by atoms with Crippen LogP contribution in [0, 0.1) is 19.3 Å². The molecule has 1 rings (SSSR count). The minimum absolute atomic E-state index is 0.257. The lowest BCUT2D eigenvalue weighted by molar-refractivity contribution is 0.396. The van der Waals surface area contributed by atoms with Gasteiger partial charge in [-0.2, -0.15) is 0 Å². The molecule has 0 aliphatic rings. The van der Waals surface area contributed by atoms with Crippen molar-refractivity contribution in [2.45, 2.75) is 45.9 Å². The Morgan fingerprint density at radius 3 is 2.33 bits per heavy atom. The molecule has 15 heavy (non-hydrogen) atoms. The predicted molar refractivity (Wildman–Crippen MR) is 67.4 cm³/mol. The van der Waals surface area contributed by atoms with Crippen molar-refractivity contribution < 1.29 is 0 Å². The average Bonchev–Trinajstić information content (AvgIpc) is 1.99. The molecule has 0 bridgehead atoms. The highest BCUT2D eigenvalue weighted by Gasteiger charge is 2.22. The van der Waals surface area contributed by atoms with Gasteiger partial charge in [0.25, 0.3) is 0 Å². The molecule has 0 aliphatic heterocycles. The number of hydrogen-bond donors (Lipinski definition) is 0. The van der Waals surface area contributed by atoms with Gasteiger partial charge in [0.1, 0.15) is 5.82 Å². The summed E-state index contributed by atoms with van der Waals surface area (Å²) in [5.41, 5.74) is 2.43. The van der Waals surface area contributed by atoms with Gasteiger partial charge in [0.15, 0.2) is 0 Å². The van der Waals surface area contributed by atoms with Crippen LogP contribution in [0.25, 0.3) is 0 Å². The van der Waals surface area contributed by atoms with Gasteiger partial charge in [-0.05, 0) is 25.3 Å². The van der Waals surface area contributed by atoms with E-state index in [2.05, 4.69) is 52.7 Å². The molecule has 0 amide bonds. The van der Waals surface area contributed by atoms with E-state index in [1.165, 1.54) is 0 Å². The van der Waals surface area contributed by atoms with Crippen molar-refractivity contribution in [1.82, 2.24) is 9.97 Å². The molecule has 0 radical (unpaired) electrons. The van der Waals surface area contributed by atoms with Gasteiger partial charge in [-0.1, -0.05) is 36.7 Å². The highest BCUT2D eigenvalue weighted by molar-refractivity contribution is 9.09. The molecule has 1 heterocycles. The SMILES string of the molecule is Cc1cc(CC(Br)C(C)(C)C)nc(C)n1. The van der Waals surface area contributed by atoms with Gasteiger partial charge in [0.05, 0.1) is 0 Å². The lowest BCUT2D eigenvalue weighted by atomic mass is 9.89. The molecular weight excluding hydrogens is 252 g/mol. The quantitative estimate of drug-likeness (QED) is 0.770. The minimum atomic E-state index is 0.257. The van der Waals surface area contributed by atoms with E-state index in [1.807, 2.05) is 13.8 Å². The monoisotopic (exact) mass is 270 g/mol. The van der Waals surface area contributed by atoms with Gasteiger partial charge in [-0.25, -0.2) is 9.97 Å². The highest BCUT2D eigenvalue weighted by atomic mass is 79.9. The van der Waals surface area contributed by atoms with Gasteiger partial charge in [0.2, 0.25) is 0 Å². The van der Waals surface area contributed by atoms with E-state index in [0.29, 0.717) is 4.83 Å². The van der Waals surface area contributed by atoms with Crippen molar-refractivity contribution in [1.29, 1.82) is 0 Å². The number of nitrogens with zero attached hydrogens (tertiary/aromatic N) is 2. The van der Waals surface area contributed by atoms with Crippen LogP contribution >= 0.6 is 15.9 Å². The summed E-state index contributed by atoms with van der Waals surface area (Å²) in [5, 5.41) is 0. The molecule has 0 N–H and O–H groups in total. The first-order chi connectivity index (χ1) is 6.79. The maximum atomic E-state index is 4.45. The molecular formula is C12H19BrN2. The fraction of sp³-hybridized carbons (Fsp3) is 0.667. The van der Waals surface area contributed by atoms with E-state index in [0.717, 1.165) is 23.6 Å². The first-order valence-corrected chi connectivity index (χ1v) is 6.16. The second-order valence-electron chi connectivity index (χ2n) is 5.09. The standard InChI is InChI=1S/C12H19BrN2/c1-8-6-10(15-9(2)14-8)7-11(13)12(3,4)5/h6,11H,7H2,1-5H3. The third-order valence-corrected chi connectivity index (χ3v) is 4.04. The van der Waals surface area contributed by atoms with Crippen LogP contribution in [0.4, 0.5) is 0 Å². The molecule has 0 saturated carbocycles. The molecule has 0 aromatic carbocycles. The Bertz CT molecular complexity index is 322. The maximum Gasteiger partial charge on any atom is 0.125 e. The Balaban J connectivity index is 2.81. The Hall–Kier alpha value is -0.440. The number of rotatable bonds is 2. The number of aromatic nitrogens is 2. The van der Waals surface area contributed by atoms with Crippen molar-refractivity contribution in [2.24, 2.45) is 5.41 Å². The fourth-order valence-electron chi connectivity index (χ4n) is 1.39. The van der Waals surface area contributed by atoms with Crippen molar-refractivity contribution in [2.75, 3.05) is 0 Å². The zero-order valence-electron chi connectivity index (χ0n) is 10.1. The van der Waals surface area contributed by atoms with E-state index in [-0.39, 0.29) is 5.41 Å². The largest absolute Gasteiger partial charge is 0.239 e. The van der Waals surface area contributed by atoms with Gasteiger partial charge in [-0.15, -0.1) is 0 Å². The Labute approximate surface area is 101 Å². The van der Waals surface area contributed by atoms with Crippen molar-refractivity contribution in [3.63, 3.8) is 0 Å². The Kier molecular flexibility index (Phi) is 3.87. The Morgan fingerprint density at radius 1 is 1.27 bits per heavy atom. The maximum absolute atomic E-state index is 4.45. The molecule has 3 heteroatoms. The second-order valence-corrected chi connectivity index (χ2v) is 6.19. The summed E-state index contributed by atoms with van der Waals surface area (Å²) in [4.78, 5) is 9.17. The number of aryl methyl sites for hydroxylation is 2. The van der Waals surface area contributed by atoms with Crippen LogP contribution in [0.15, 0.2) is 6.07 Å². The normalized spacial score (nSPS) is 14.0. The van der Waals surface area contributed by atoms with Crippen LogP contribution in [0.2, 0.25) is 0 Å². The molecule has 2 nitrogen and oxygen atoms in total. The van der Waals surface area contributed by atoms with Gasteiger partial charge < -0.3 is 0 Å². The molecule has 1 unspecified atom stereocenters. The first kappa shape index (κ1) is 12.6. The predicted octanol–water partition coefficient (Wildman–Crippen LogP) is 3.45. The summed E-state index contributed by atoms with van der Waals surface area (Å²) in [6.07, 6.45) is 0.952. The second kappa shape index (κ2) is 4.60. The van der Waals surface area contributed by atoms with E-state index >= 15 is 0 Å². The van der Waals surface area contributed by atoms with Gasteiger partial charge in [-0.3, -0.25) is 0 Å². The number of hydrogen-bond acceptors (Lipinski definition) is 2. The molecule has 1 aromatic heterocycles. The zero-order valence-corrected chi connectivity index (χ0v) is 11.7. The third-order valence-electron chi connectivity index (χ3n) is 2.35. The molecule has 0 aliphatic carbocycles. The lowest BCUT2D eigenvalue weighted by Gasteiger charge is -2.25. The van der Waals surface area contributed by atoms with Gasteiger partial charge >= 0.3 is 0 Å². The smallest absolute Gasteiger partial charge is 0.125 e. The summed E-state index contributed by atoms with van der Waals surface area (Å²) in [6, 6.07) is 2.06. The lowest BCUT2D eigenvalue weighted by Crippen LogP contribution is -2.23. The number of halogens is 1. The third kappa shape index (κ3) is 3.90. The van der Waals surface area contributed by atoms with Crippen LogP contribution in [0.3, 0.4) is 0 Å². The number of alkyl halides is 1. The highest BCUT2D eigenvalue weighted by Crippen LogP contribution is 2.28. The van der Waals surface area contributed by atoms with E-state index in [9.17, 15) is 0 Å². The van der Waals surface area contributed by atoms with Crippen molar-refractivity contribution >= 4 is 15.9 Å². The van der Waals surface area contributed by atoms with Crippen molar-refractivity contribution in [3.05, 3.63) is 23.3 Å². The van der Waals surface area contributed by atoms with E-state index in [4.69, 9.17) is 0 Å². The summed E-state index contributed by atoms with van der Waals surface area (Å²) >= 11 is 3.72. The molecule has 0 saturated heterocycles. The topological polar surface area (TPSA) is 25.8 Å². The molecule has 0 fully saturated rings. The minimum Gasteiger partial charge on any atom is -0.239 e. The molecule has 84 valence electrons. The molecule has 1 aromatic rings. The van der Waals surface area contributed by atoms with Crippen LogP contribution in [0.1, 0.15) is 38.0 Å². The summed E-state index contributed by atoms with van der Waals surface area (Å²) < 4.78 is 0. The van der Waals surface area contributed by atoms with Crippen LogP contribution in [-0.2, 0) is 6.42 Å². The molecule has 1 atom stereocenters. The van der Waals surface area contributed by atoms with Gasteiger partial charge in [0, 0.05) is 22.6 Å². The van der Waals surface area contributed by atoms with Crippen LogP contribution in [-0.4, -0.2) is 14.8 Å². The van der Waals surface area contributed by atoms with E-state index < -0.39 is 0 Å². The van der Waals surface area contributed by atoms with Crippen molar-refractivity contribution in [3.8, 4) is 0 Å². The first-order valence-electron chi connectivity index (χ1n) is 5.24. The van der Waals surface area contributed by atoms with E-state index in [1.54, 1.807) is 0 Å².